The Morgan fingerprint density at radius 2 is 1.96 bits per heavy atom. The second kappa shape index (κ2) is 7.52. The lowest BCUT2D eigenvalue weighted by molar-refractivity contribution is -0.139. The first-order chi connectivity index (χ1) is 13.1. The molecule has 7 heteroatoms. The SMILES string of the molecule is O=C(O)CN(CC1CC1)C1CC(NC(=O)c2cc(-c3ccccc3)on2)C1. The van der Waals surface area contributed by atoms with Crippen LogP contribution in [0.3, 0.4) is 0 Å². The van der Waals surface area contributed by atoms with Crippen LogP contribution in [-0.2, 0) is 4.79 Å². The molecule has 142 valence electrons. The molecule has 2 aliphatic carbocycles. The van der Waals surface area contributed by atoms with Crippen molar-refractivity contribution in [3.63, 3.8) is 0 Å². The summed E-state index contributed by atoms with van der Waals surface area (Å²) in [6, 6.07) is 11.4. The Hall–Kier alpha value is -2.67. The number of amides is 1. The van der Waals surface area contributed by atoms with Crippen LogP contribution >= 0.6 is 0 Å². The summed E-state index contributed by atoms with van der Waals surface area (Å²) in [6.07, 6.45) is 3.93. The molecule has 0 spiro atoms. The first-order valence-corrected chi connectivity index (χ1v) is 9.37. The normalized spacial score (nSPS) is 21.7. The zero-order valence-corrected chi connectivity index (χ0v) is 15.0. The second-order valence-electron chi connectivity index (χ2n) is 7.50. The van der Waals surface area contributed by atoms with Gasteiger partial charge in [0, 0.05) is 30.3 Å². The van der Waals surface area contributed by atoms with Gasteiger partial charge in [-0.3, -0.25) is 14.5 Å². The van der Waals surface area contributed by atoms with E-state index in [1.807, 2.05) is 35.2 Å². The van der Waals surface area contributed by atoms with Crippen LogP contribution in [-0.4, -0.2) is 52.2 Å². The van der Waals surface area contributed by atoms with E-state index >= 15 is 0 Å². The molecule has 0 atom stereocenters. The van der Waals surface area contributed by atoms with Crippen molar-refractivity contribution in [2.75, 3.05) is 13.1 Å². The maximum absolute atomic E-state index is 12.4. The minimum Gasteiger partial charge on any atom is -0.480 e. The van der Waals surface area contributed by atoms with Gasteiger partial charge < -0.3 is 14.9 Å². The van der Waals surface area contributed by atoms with E-state index in [2.05, 4.69) is 10.5 Å². The summed E-state index contributed by atoms with van der Waals surface area (Å²) in [5, 5.41) is 16.0. The van der Waals surface area contributed by atoms with Crippen LogP contribution in [0.25, 0.3) is 11.3 Å². The highest BCUT2D eigenvalue weighted by molar-refractivity contribution is 5.93. The Morgan fingerprint density at radius 1 is 1.22 bits per heavy atom. The lowest BCUT2D eigenvalue weighted by Crippen LogP contribution is -2.55. The van der Waals surface area contributed by atoms with E-state index in [9.17, 15) is 9.59 Å². The fraction of sp³-hybridized carbons (Fsp3) is 0.450. The summed E-state index contributed by atoms with van der Waals surface area (Å²) >= 11 is 0. The molecule has 0 saturated heterocycles. The molecular formula is C20H23N3O4. The van der Waals surface area contributed by atoms with Gasteiger partial charge in [0.1, 0.15) is 0 Å². The number of carboxylic acid groups (broad SMARTS) is 1. The highest BCUT2D eigenvalue weighted by Gasteiger charge is 2.38. The molecule has 1 heterocycles. The first kappa shape index (κ1) is 17.7. The van der Waals surface area contributed by atoms with Crippen molar-refractivity contribution in [2.45, 2.75) is 37.8 Å². The van der Waals surface area contributed by atoms with Crippen molar-refractivity contribution in [3.05, 3.63) is 42.1 Å². The topological polar surface area (TPSA) is 95.7 Å². The summed E-state index contributed by atoms with van der Waals surface area (Å²) < 4.78 is 5.27. The van der Waals surface area contributed by atoms with Crippen LogP contribution in [0, 0.1) is 5.92 Å². The van der Waals surface area contributed by atoms with Gasteiger partial charge in [-0.2, -0.15) is 0 Å². The predicted molar refractivity (Wildman–Crippen MR) is 98.1 cm³/mol. The number of aromatic nitrogens is 1. The van der Waals surface area contributed by atoms with Crippen molar-refractivity contribution in [1.29, 1.82) is 0 Å². The van der Waals surface area contributed by atoms with Gasteiger partial charge in [-0.15, -0.1) is 0 Å². The third-order valence-electron chi connectivity index (χ3n) is 5.29. The van der Waals surface area contributed by atoms with Crippen LogP contribution in [0.4, 0.5) is 0 Å². The average molecular weight is 369 g/mol. The van der Waals surface area contributed by atoms with Gasteiger partial charge in [0.2, 0.25) is 0 Å². The number of carbonyl (C=O) groups excluding carboxylic acids is 1. The molecule has 0 aliphatic heterocycles. The highest BCUT2D eigenvalue weighted by atomic mass is 16.5. The molecule has 1 aromatic heterocycles. The van der Waals surface area contributed by atoms with Gasteiger partial charge in [-0.1, -0.05) is 35.5 Å². The standard InChI is InChI=1S/C20H23N3O4/c24-19(25)12-23(11-13-6-7-13)16-8-15(9-16)21-20(26)17-10-18(27-22-17)14-4-2-1-3-5-14/h1-5,10,13,15-16H,6-9,11-12H2,(H,21,26)(H,24,25). The Labute approximate surface area is 157 Å². The number of hydrogen-bond donors (Lipinski definition) is 2. The molecule has 0 bridgehead atoms. The Bertz CT molecular complexity index is 810. The lowest BCUT2D eigenvalue weighted by Gasteiger charge is -2.42. The molecule has 2 aromatic rings. The van der Waals surface area contributed by atoms with E-state index in [0.717, 1.165) is 24.9 Å². The van der Waals surface area contributed by atoms with Crippen molar-refractivity contribution in [2.24, 2.45) is 5.92 Å². The zero-order valence-electron chi connectivity index (χ0n) is 15.0. The Morgan fingerprint density at radius 3 is 2.63 bits per heavy atom. The van der Waals surface area contributed by atoms with E-state index in [4.69, 9.17) is 9.63 Å². The monoisotopic (exact) mass is 369 g/mol. The minimum atomic E-state index is -0.792. The number of aliphatic carboxylic acids is 1. The molecule has 4 rings (SSSR count). The number of carbonyl (C=O) groups is 2. The molecule has 2 N–H and O–H groups in total. The van der Waals surface area contributed by atoms with Crippen LogP contribution in [0.2, 0.25) is 0 Å². The molecule has 2 aliphatic rings. The molecular weight excluding hydrogens is 346 g/mol. The van der Waals surface area contributed by atoms with Gasteiger partial charge in [0.05, 0.1) is 6.54 Å². The summed E-state index contributed by atoms with van der Waals surface area (Å²) in [4.78, 5) is 25.5. The molecule has 2 fully saturated rings. The van der Waals surface area contributed by atoms with Crippen molar-refractivity contribution in [1.82, 2.24) is 15.4 Å². The molecule has 0 radical (unpaired) electrons. The molecule has 2 saturated carbocycles. The summed E-state index contributed by atoms with van der Waals surface area (Å²) in [7, 11) is 0. The summed E-state index contributed by atoms with van der Waals surface area (Å²) in [6.45, 7) is 0.924. The van der Waals surface area contributed by atoms with Crippen LogP contribution in [0.5, 0.6) is 0 Å². The number of nitrogens with zero attached hydrogens (tertiary/aromatic N) is 2. The number of hydrogen-bond acceptors (Lipinski definition) is 5. The molecule has 1 amide bonds. The van der Waals surface area contributed by atoms with Crippen LogP contribution < -0.4 is 5.32 Å². The minimum absolute atomic E-state index is 0.0508. The molecule has 0 unspecified atom stereocenters. The third kappa shape index (κ3) is 4.36. The smallest absolute Gasteiger partial charge is 0.317 e. The largest absolute Gasteiger partial charge is 0.480 e. The fourth-order valence-electron chi connectivity index (χ4n) is 3.53. The van der Waals surface area contributed by atoms with Crippen molar-refractivity contribution < 1.29 is 19.2 Å². The van der Waals surface area contributed by atoms with Gasteiger partial charge in [-0.05, 0) is 31.6 Å². The number of nitrogens with one attached hydrogen (secondary N) is 1. The summed E-state index contributed by atoms with van der Waals surface area (Å²) in [5.74, 6) is 0.157. The van der Waals surface area contributed by atoms with Crippen LogP contribution in [0.15, 0.2) is 40.9 Å². The zero-order chi connectivity index (χ0) is 18.8. The van der Waals surface area contributed by atoms with E-state index in [0.29, 0.717) is 11.7 Å². The van der Waals surface area contributed by atoms with E-state index in [1.54, 1.807) is 6.07 Å². The highest BCUT2D eigenvalue weighted by Crippen LogP contribution is 2.33. The maximum Gasteiger partial charge on any atom is 0.317 e. The molecule has 27 heavy (non-hydrogen) atoms. The third-order valence-corrected chi connectivity index (χ3v) is 5.29. The van der Waals surface area contributed by atoms with Crippen molar-refractivity contribution in [3.8, 4) is 11.3 Å². The second-order valence-corrected chi connectivity index (χ2v) is 7.50. The van der Waals surface area contributed by atoms with Gasteiger partial charge in [0.15, 0.2) is 11.5 Å². The quantitative estimate of drug-likeness (QED) is 0.742. The van der Waals surface area contributed by atoms with Gasteiger partial charge in [0.25, 0.3) is 5.91 Å². The first-order valence-electron chi connectivity index (χ1n) is 9.37. The van der Waals surface area contributed by atoms with E-state index in [-0.39, 0.29) is 30.2 Å². The van der Waals surface area contributed by atoms with E-state index < -0.39 is 5.97 Å². The predicted octanol–water partition coefficient (Wildman–Crippen LogP) is 2.40. The Kier molecular flexibility index (Phi) is 4.94. The van der Waals surface area contributed by atoms with E-state index in [1.165, 1.54) is 12.8 Å². The Balaban J connectivity index is 1.30. The number of carboxylic acids is 1. The summed E-state index contributed by atoms with van der Waals surface area (Å²) in [5.41, 5.74) is 1.13. The van der Waals surface area contributed by atoms with Crippen molar-refractivity contribution >= 4 is 11.9 Å². The fourth-order valence-corrected chi connectivity index (χ4v) is 3.53. The van der Waals surface area contributed by atoms with Crippen LogP contribution in [0.1, 0.15) is 36.2 Å². The number of rotatable bonds is 8. The average Bonchev–Trinajstić information content (AvgIpc) is 3.29. The number of benzene rings is 1. The molecule has 7 nitrogen and oxygen atoms in total. The van der Waals surface area contributed by atoms with Gasteiger partial charge >= 0.3 is 5.97 Å². The maximum atomic E-state index is 12.4. The molecule has 1 aromatic carbocycles. The van der Waals surface area contributed by atoms with Gasteiger partial charge in [-0.25, -0.2) is 0 Å². The lowest BCUT2D eigenvalue weighted by atomic mass is 9.85.